The molecule has 13 N–H and O–H groups in total. The third-order valence-electron chi connectivity index (χ3n) is 11.3. The van der Waals surface area contributed by atoms with Crippen LogP contribution in [-0.4, -0.2) is 124 Å². The maximum atomic E-state index is 14.3. The number of esters is 1. The predicted octanol–water partition coefficient (Wildman–Crippen LogP) is 0.337. The summed E-state index contributed by atoms with van der Waals surface area (Å²) in [6.07, 6.45) is 4.09. The average molecular weight is 1010 g/mol. The Balaban J connectivity index is 2.71. The highest BCUT2D eigenvalue weighted by atomic mass is 16.5. The first-order chi connectivity index (χ1) is 33.8. The number of nitrogens with one attached hydrogen (secondary N) is 7. The van der Waals surface area contributed by atoms with E-state index >= 15 is 0 Å². The lowest BCUT2D eigenvalue weighted by atomic mass is 9.94. The van der Waals surface area contributed by atoms with Crippen LogP contribution in [0, 0.1) is 17.8 Å². The molecule has 1 aromatic rings. The van der Waals surface area contributed by atoms with Crippen molar-refractivity contribution in [2.24, 2.45) is 34.2 Å². The number of aliphatic carboxylic acids is 2. The highest BCUT2D eigenvalue weighted by Gasteiger charge is 2.34. The Kier molecular flexibility index (Phi) is 25.4. The molecular weight excluding hydrogens is 937 g/mol. The zero-order valence-corrected chi connectivity index (χ0v) is 42.1. The number of carboxylic acids is 2. The molecule has 0 radical (unpaired) electrons. The van der Waals surface area contributed by atoms with E-state index in [1.54, 1.807) is 26.8 Å². The summed E-state index contributed by atoms with van der Waals surface area (Å²) in [5.74, 6) is -11.9. The molecule has 23 nitrogen and oxygen atoms in total. The zero-order chi connectivity index (χ0) is 54.2. The molecule has 9 atom stereocenters. The number of ether oxygens (including phenoxy) is 1. The average Bonchev–Trinajstić information content (AvgIpc) is 3.29. The summed E-state index contributed by atoms with van der Waals surface area (Å²) in [5, 5.41) is 37.5. The van der Waals surface area contributed by atoms with E-state index in [4.69, 9.17) is 16.2 Å². The Hall–Kier alpha value is -7.59. The number of carbonyl (C=O) groups excluding carboxylic acids is 8. The van der Waals surface area contributed by atoms with Crippen molar-refractivity contribution in [2.45, 2.75) is 143 Å². The van der Waals surface area contributed by atoms with Crippen LogP contribution in [0.1, 0.15) is 99.5 Å². The number of hydrogen-bond acceptors (Lipinski definition) is 12. The highest BCUT2D eigenvalue weighted by Crippen LogP contribution is 2.19. The van der Waals surface area contributed by atoms with E-state index in [0.717, 1.165) is 5.56 Å². The fourth-order valence-corrected chi connectivity index (χ4v) is 7.33. The fourth-order valence-electron chi connectivity index (χ4n) is 7.33. The van der Waals surface area contributed by atoms with Gasteiger partial charge in [-0.25, -0.2) is 9.59 Å². The maximum absolute atomic E-state index is 14.3. The van der Waals surface area contributed by atoms with Gasteiger partial charge >= 0.3 is 17.9 Å². The second-order valence-corrected chi connectivity index (χ2v) is 18.0. The van der Waals surface area contributed by atoms with Gasteiger partial charge in [0.1, 0.15) is 42.0 Å². The minimum absolute atomic E-state index is 0.00508. The first-order valence-corrected chi connectivity index (χ1v) is 23.7. The second kappa shape index (κ2) is 30.2. The molecule has 0 spiro atoms. The van der Waals surface area contributed by atoms with Gasteiger partial charge < -0.3 is 63.6 Å². The van der Waals surface area contributed by atoms with E-state index in [2.05, 4.69) is 42.2 Å². The monoisotopic (exact) mass is 1010 g/mol. The highest BCUT2D eigenvalue weighted by molar-refractivity contribution is 6.00. The summed E-state index contributed by atoms with van der Waals surface area (Å²) in [7, 11) is 0. The summed E-state index contributed by atoms with van der Waals surface area (Å²) < 4.78 is 5.67. The van der Waals surface area contributed by atoms with Crippen molar-refractivity contribution in [2.75, 3.05) is 6.54 Å². The number of carboxylic acid groups (broad SMARTS) is 2. The Morgan fingerprint density at radius 3 is 2.01 bits per heavy atom. The van der Waals surface area contributed by atoms with E-state index in [-0.39, 0.29) is 49.3 Å². The van der Waals surface area contributed by atoms with Crippen molar-refractivity contribution >= 4 is 65.2 Å². The van der Waals surface area contributed by atoms with Crippen molar-refractivity contribution in [3.8, 4) is 0 Å². The minimum atomic E-state index is -1.87. The smallest absolute Gasteiger partial charge is 0.326 e. The van der Waals surface area contributed by atoms with Gasteiger partial charge in [-0.1, -0.05) is 87.9 Å². The van der Waals surface area contributed by atoms with Crippen LogP contribution < -0.4 is 48.7 Å². The van der Waals surface area contributed by atoms with Gasteiger partial charge in [0.15, 0.2) is 5.96 Å². The van der Waals surface area contributed by atoms with Crippen LogP contribution in [-0.2, 0) is 59.1 Å². The summed E-state index contributed by atoms with van der Waals surface area (Å²) >= 11 is 0. The van der Waals surface area contributed by atoms with Crippen LogP contribution in [0.25, 0.3) is 0 Å². The van der Waals surface area contributed by atoms with Crippen LogP contribution in [0.2, 0.25) is 0 Å². The van der Waals surface area contributed by atoms with E-state index < -0.39 is 127 Å². The third kappa shape index (κ3) is 22.0. The van der Waals surface area contributed by atoms with Crippen LogP contribution in [0.3, 0.4) is 0 Å². The molecule has 1 aliphatic rings. The van der Waals surface area contributed by atoms with Gasteiger partial charge in [0, 0.05) is 32.2 Å². The molecule has 1 saturated heterocycles. The number of nitrogens with two attached hydrogens (primary N) is 2. The largest absolute Gasteiger partial charge is 0.480 e. The number of amides is 7. The fraction of sp³-hybridized carbons (Fsp3) is 0.531. The maximum Gasteiger partial charge on any atom is 0.326 e. The van der Waals surface area contributed by atoms with E-state index in [9.17, 15) is 58.2 Å². The SMILES string of the molecule is C/C=C1/NC(=O)CC[C@H](C(=O)O)NC(=O)[C@@H](C)[C@H](/C=C/C(C)=C/[C@H](C)[C@H](Cc2ccccc2)OC(C)=O)NC(=O)[C@H](CCCN=C(N)N)NC(=O)C[C@H](C(=O)O)NC(=O)[C@H](CC(C)C)NC(=O)[C@@H](C)NC1=O. The first-order valence-electron chi connectivity index (χ1n) is 23.7. The van der Waals surface area contributed by atoms with Gasteiger partial charge in [-0.05, 0) is 57.9 Å². The Bertz CT molecular complexity index is 2220. The summed E-state index contributed by atoms with van der Waals surface area (Å²) in [4.78, 5) is 136. The Morgan fingerprint density at radius 1 is 0.806 bits per heavy atom. The van der Waals surface area contributed by atoms with E-state index in [0.29, 0.717) is 12.0 Å². The number of nitrogens with zero attached hydrogens (tertiary/aromatic N) is 1. The number of allylic oxidation sites excluding steroid dienone is 3. The lowest BCUT2D eigenvalue weighted by Gasteiger charge is -2.27. The quantitative estimate of drug-likeness (QED) is 0.0282. The number of aliphatic imine (C=N–C) groups is 1. The lowest BCUT2D eigenvalue weighted by Crippen LogP contribution is -2.57. The summed E-state index contributed by atoms with van der Waals surface area (Å²) in [6.45, 7) is 12.5. The van der Waals surface area contributed by atoms with Crippen molar-refractivity contribution in [3.63, 3.8) is 0 Å². The van der Waals surface area contributed by atoms with E-state index in [1.165, 1.54) is 39.8 Å². The van der Waals surface area contributed by atoms with Gasteiger partial charge in [-0.3, -0.25) is 43.3 Å². The van der Waals surface area contributed by atoms with E-state index in [1.807, 2.05) is 43.3 Å². The van der Waals surface area contributed by atoms with Gasteiger partial charge in [0.2, 0.25) is 35.4 Å². The van der Waals surface area contributed by atoms with Crippen LogP contribution in [0.15, 0.2) is 70.9 Å². The normalized spacial score (nSPS) is 24.4. The molecule has 2 rings (SSSR count). The molecule has 1 heterocycles. The van der Waals surface area contributed by atoms with Crippen molar-refractivity contribution < 1.29 is 62.9 Å². The summed E-state index contributed by atoms with van der Waals surface area (Å²) in [5.41, 5.74) is 12.2. The third-order valence-corrected chi connectivity index (χ3v) is 11.3. The van der Waals surface area contributed by atoms with Gasteiger partial charge in [0.25, 0.3) is 5.91 Å². The number of hydrogen-bond donors (Lipinski definition) is 11. The standard InChI is InChI=1S/C49H72N10O13/c1-9-33-44(65)53-30(7)43(64)58-37(22-26(2)3)46(67)59-38(48(70)71)25-41(62)55-35(16-13-21-52-49(50)51)45(66)56-34(29(6)42(63)57-36(47(68)69)19-20-40(61)54-33)18-17-27(4)23-28(5)39(72-31(8)60)24-32-14-11-10-12-15-32/h9-12,14-15,17-18,23,26,28-30,34-39H,13,16,19-22,24-25H2,1-8H3,(H,53,65)(H,54,61)(H,55,62)(H,56,66)(H,57,63)(H,58,64)(H,59,67)(H,68,69)(H,70,71)(H4,50,51,52)/b18-17+,27-23+,33-9+/t28-,29-,30+,34-,35-,36+,37-,38+,39-/m0/s1. The number of benzene rings is 1. The molecule has 1 aromatic carbocycles. The molecule has 7 amide bonds. The van der Waals surface area contributed by atoms with Crippen LogP contribution in [0.5, 0.6) is 0 Å². The molecular formula is C49H72N10O13. The molecule has 23 heteroatoms. The van der Waals surface area contributed by atoms with Crippen molar-refractivity contribution in [1.29, 1.82) is 0 Å². The van der Waals surface area contributed by atoms with Crippen LogP contribution in [0.4, 0.5) is 0 Å². The Labute approximate surface area is 419 Å². The van der Waals surface area contributed by atoms with Crippen molar-refractivity contribution in [1.82, 2.24) is 37.2 Å². The van der Waals surface area contributed by atoms with Gasteiger partial charge in [-0.15, -0.1) is 0 Å². The number of rotatable bonds is 15. The molecule has 1 aliphatic heterocycles. The molecule has 0 aliphatic carbocycles. The topological polar surface area (TPSA) is 369 Å². The Morgan fingerprint density at radius 2 is 1.43 bits per heavy atom. The number of guanidine groups is 1. The van der Waals surface area contributed by atoms with Gasteiger partial charge in [-0.2, -0.15) is 0 Å². The molecule has 0 unspecified atom stereocenters. The minimum Gasteiger partial charge on any atom is -0.480 e. The molecule has 72 heavy (non-hydrogen) atoms. The van der Waals surface area contributed by atoms with Crippen molar-refractivity contribution in [3.05, 3.63) is 71.5 Å². The zero-order valence-electron chi connectivity index (χ0n) is 42.1. The van der Waals surface area contributed by atoms with Gasteiger partial charge in [0.05, 0.1) is 18.4 Å². The molecule has 1 fully saturated rings. The lowest BCUT2D eigenvalue weighted by molar-refractivity contribution is -0.148. The number of carbonyl (C=O) groups is 10. The second-order valence-electron chi connectivity index (χ2n) is 18.0. The first kappa shape index (κ1) is 60.5. The molecule has 0 saturated carbocycles. The summed E-state index contributed by atoms with van der Waals surface area (Å²) in [6, 6.07) is 0.566. The molecule has 0 aromatic heterocycles. The predicted molar refractivity (Wildman–Crippen MR) is 265 cm³/mol. The molecule has 0 bridgehead atoms. The van der Waals surface area contributed by atoms with Crippen LogP contribution >= 0.6 is 0 Å². The molecule has 396 valence electrons.